The van der Waals surface area contributed by atoms with E-state index in [1.807, 2.05) is 18.2 Å². The topological polar surface area (TPSA) is 51.4 Å². The van der Waals surface area contributed by atoms with Crippen molar-refractivity contribution in [1.29, 1.82) is 0 Å². The van der Waals surface area contributed by atoms with E-state index >= 15 is 0 Å². The molecular formula is C33H46ClN2O3S+. The largest absolute Gasteiger partial charge is 0.490 e. The highest BCUT2D eigenvalue weighted by molar-refractivity contribution is 7.09. The minimum Gasteiger partial charge on any atom is -0.490 e. The Balaban J connectivity index is 1.33. The van der Waals surface area contributed by atoms with Crippen molar-refractivity contribution in [2.75, 3.05) is 18.5 Å². The number of nitrogens with one attached hydrogen (secondary N) is 1. The van der Waals surface area contributed by atoms with E-state index in [1.54, 1.807) is 29.5 Å². The predicted octanol–water partition coefficient (Wildman–Crippen LogP) is 9.14. The Kier molecular flexibility index (Phi) is 15.0. The van der Waals surface area contributed by atoms with Gasteiger partial charge in [-0.2, -0.15) is 4.57 Å². The van der Waals surface area contributed by atoms with E-state index in [0.717, 1.165) is 30.6 Å². The molecule has 0 saturated carbocycles. The molecule has 1 heterocycles. The summed E-state index contributed by atoms with van der Waals surface area (Å²) < 4.78 is 14.0. The van der Waals surface area contributed by atoms with Crippen molar-refractivity contribution >= 4 is 34.5 Å². The third-order valence-electron chi connectivity index (χ3n) is 6.82. The van der Waals surface area contributed by atoms with E-state index in [9.17, 15) is 4.79 Å². The number of carbonyl (C=O) groups excluding carboxylic acids is 1. The van der Waals surface area contributed by atoms with Gasteiger partial charge in [0, 0.05) is 22.3 Å². The van der Waals surface area contributed by atoms with E-state index in [4.69, 9.17) is 21.1 Å². The molecular weight excluding hydrogens is 540 g/mol. The molecule has 7 heteroatoms. The number of thiazole rings is 1. The Hall–Kier alpha value is -2.57. The number of hydrogen-bond donors (Lipinski definition) is 1. The zero-order valence-corrected chi connectivity index (χ0v) is 25.8. The summed E-state index contributed by atoms with van der Waals surface area (Å²) in [6, 6.07) is 13.1. The van der Waals surface area contributed by atoms with Crippen LogP contribution in [-0.4, -0.2) is 19.1 Å². The Morgan fingerprint density at radius 2 is 1.57 bits per heavy atom. The highest BCUT2D eigenvalue weighted by atomic mass is 35.5. The van der Waals surface area contributed by atoms with E-state index in [1.165, 1.54) is 69.1 Å². The lowest BCUT2D eigenvalue weighted by Crippen LogP contribution is -2.30. The number of unbranched alkanes of at least 4 members (excludes halogenated alkanes) is 11. The second kappa shape index (κ2) is 18.7. The summed E-state index contributed by atoms with van der Waals surface area (Å²) in [5.74, 6) is 0.878. The van der Waals surface area contributed by atoms with Crippen LogP contribution in [0.25, 0.3) is 0 Å². The molecule has 2 aromatic carbocycles. The van der Waals surface area contributed by atoms with Crippen molar-refractivity contribution in [3.8, 4) is 11.5 Å². The van der Waals surface area contributed by atoms with Crippen LogP contribution in [0.4, 0.5) is 5.69 Å². The van der Waals surface area contributed by atoms with Gasteiger partial charge in [0.15, 0.2) is 30.8 Å². The van der Waals surface area contributed by atoms with E-state index in [2.05, 4.69) is 41.5 Å². The molecule has 0 spiro atoms. The third-order valence-corrected chi connectivity index (χ3v) is 7.91. The molecule has 40 heavy (non-hydrogen) atoms. The summed E-state index contributed by atoms with van der Waals surface area (Å²) in [6.07, 6.45) is 17.8. The first-order valence-corrected chi connectivity index (χ1v) is 16.2. The third kappa shape index (κ3) is 12.7. The van der Waals surface area contributed by atoms with Crippen LogP contribution in [0.2, 0.25) is 5.02 Å². The molecule has 3 rings (SSSR count). The quantitative estimate of drug-likeness (QED) is 0.106. The molecule has 5 nitrogen and oxygen atoms in total. The number of hydrogen-bond acceptors (Lipinski definition) is 4. The second-order valence-corrected chi connectivity index (χ2v) is 12.0. The number of halogens is 1. The van der Waals surface area contributed by atoms with Gasteiger partial charge in [0.1, 0.15) is 0 Å². The highest BCUT2D eigenvalue weighted by Gasteiger charge is 2.11. The Labute approximate surface area is 249 Å². The van der Waals surface area contributed by atoms with E-state index in [-0.39, 0.29) is 12.5 Å². The van der Waals surface area contributed by atoms with Crippen LogP contribution in [0.15, 0.2) is 54.2 Å². The maximum atomic E-state index is 12.6. The van der Waals surface area contributed by atoms with Crippen LogP contribution < -0.4 is 19.4 Å². The zero-order valence-electron chi connectivity index (χ0n) is 24.3. The molecule has 1 N–H and O–H groups in total. The number of anilines is 1. The maximum absolute atomic E-state index is 12.6. The minimum atomic E-state index is -0.224. The molecule has 0 unspecified atom stereocenters. The van der Waals surface area contributed by atoms with Gasteiger partial charge in [-0.1, -0.05) is 113 Å². The highest BCUT2D eigenvalue weighted by Crippen LogP contribution is 2.30. The lowest BCUT2D eigenvalue weighted by atomic mass is 10.1. The fourth-order valence-electron chi connectivity index (χ4n) is 4.67. The maximum Gasteiger partial charge on any atom is 0.262 e. The van der Waals surface area contributed by atoms with Crippen molar-refractivity contribution in [3.05, 3.63) is 69.6 Å². The summed E-state index contributed by atoms with van der Waals surface area (Å²) in [4.78, 5) is 13.9. The number of ether oxygens (including phenoxy) is 2. The minimum absolute atomic E-state index is 0.112. The SMILES string of the molecule is CCCCCCCCCCCCCCOc1cc(Cl)ccc1OCC(=O)Nc1cccc(C[n+]2csc(C)c2)c1. The Morgan fingerprint density at radius 3 is 2.25 bits per heavy atom. The summed E-state index contributed by atoms with van der Waals surface area (Å²) in [5, 5.41) is 3.51. The van der Waals surface area contributed by atoms with Crippen LogP contribution in [0.1, 0.15) is 94.4 Å². The van der Waals surface area contributed by atoms with Gasteiger partial charge in [0.05, 0.1) is 11.5 Å². The molecule has 0 saturated heterocycles. The number of amides is 1. The fraction of sp³-hybridized carbons (Fsp3) is 0.515. The first kappa shape index (κ1) is 32.0. The summed E-state index contributed by atoms with van der Waals surface area (Å²) >= 11 is 7.92. The smallest absolute Gasteiger partial charge is 0.262 e. The molecule has 0 aliphatic rings. The van der Waals surface area contributed by atoms with Gasteiger partial charge < -0.3 is 14.8 Å². The fourth-order valence-corrected chi connectivity index (χ4v) is 5.46. The molecule has 0 aliphatic heterocycles. The van der Waals surface area contributed by atoms with Crippen molar-refractivity contribution in [3.63, 3.8) is 0 Å². The van der Waals surface area contributed by atoms with Gasteiger partial charge in [-0.25, -0.2) is 0 Å². The average molecular weight is 586 g/mol. The van der Waals surface area contributed by atoms with Crippen molar-refractivity contribution in [2.45, 2.75) is 97.4 Å². The number of aryl methyl sites for hydroxylation is 1. The standard InChI is InChI=1S/C33H45ClN2O3S/c1-3-4-5-6-7-8-9-10-11-12-13-14-20-38-32-22-29(34)18-19-31(32)39-25-33(37)35-30-17-15-16-28(21-30)24-36-23-27(2)40-26-36/h15-19,21-23,26H,3-14,20,24-25H2,1-2H3/p+1. The summed E-state index contributed by atoms with van der Waals surface area (Å²) in [6.45, 7) is 5.61. The van der Waals surface area contributed by atoms with Gasteiger partial charge in [-0.05, 0) is 37.6 Å². The molecule has 3 aromatic rings. The number of aromatic nitrogens is 1. The van der Waals surface area contributed by atoms with Crippen LogP contribution in [-0.2, 0) is 11.3 Å². The molecule has 218 valence electrons. The lowest BCUT2D eigenvalue weighted by Gasteiger charge is -2.13. The van der Waals surface area contributed by atoms with Gasteiger partial charge in [-0.15, -0.1) is 0 Å². The van der Waals surface area contributed by atoms with Crippen molar-refractivity contribution < 1.29 is 18.8 Å². The predicted molar refractivity (Wildman–Crippen MR) is 167 cm³/mol. The van der Waals surface area contributed by atoms with Gasteiger partial charge >= 0.3 is 0 Å². The monoisotopic (exact) mass is 585 g/mol. The number of nitrogens with zero attached hydrogens (tertiary/aromatic N) is 1. The van der Waals surface area contributed by atoms with Crippen LogP contribution >= 0.6 is 22.9 Å². The molecule has 1 amide bonds. The molecule has 0 bridgehead atoms. The van der Waals surface area contributed by atoms with Gasteiger partial charge in [0.25, 0.3) is 5.91 Å². The second-order valence-electron chi connectivity index (χ2n) is 10.5. The first-order chi connectivity index (χ1) is 19.5. The Bertz CT molecular complexity index is 1150. The van der Waals surface area contributed by atoms with E-state index in [0.29, 0.717) is 23.1 Å². The van der Waals surface area contributed by atoms with Crippen LogP contribution in [0, 0.1) is 6.92 Å². The molecule has 0 atom stereocenters. The van der Waals surface area contributed by atoms with Gasteiger partial charge in [0.2, 0.25) is 5.51 Å². The molecule has 1 aromatic heterocycles. The molecule has 0 radical (unpaired) electrons. The molecule has 0 fully saturated rings. The van der Waals surface area contributed by atoms with Crippen molar-refractivity contribution in [1.82, 2.24) is 0 Å². The number of rotatable bonds is 20. The molecule has 0 aliphatic carbocycles. The number of carbonyl (C=O) groups is 1. The first-order valence-electron chi connectivity index (χ1n) is 14.9. The van der Waals surface area contributed by atoms with Gasteiger partial charge in [-0.3, -0.25) is 4.79 Å². The Morgan fingerprint density at radius 1 is 0.875 bits per heavy atom. The summed E-state index contributed by atoms with van der Waals surface area (Å²) in [5.41, 5.74) is 3.96. The van der Waals surface area contributed by atoms with Crippen LogP contribution in [0.3, 0.4) is 0 Å². The van der Waals surface area contributed by atoms with Crippen LogP contribution in [0.5, 0.6) is 11.5 Å². The lowest BCUT2D eigenvalue weighted by molar-refractivity contribution is -0.683. The zero-order chi connectivity index (χ0) is 28.4. The van der Waals surface area contributed by atoms with E-state index < -0.39 is 0 Å². The summed E-state index contributed by atoms with van der Waals surface area (Å²) in [7, 11) is 0. The average Bonchev–Trinajstić information content (AvgIpc) is 3.35. The number of benzene rings is 2. The van der Waals surface area contributed by atoms with Crippen molar-refractivity contribution in [2.24, 2.45) is 0 Å². The normalized spacial score (nSPS) is 11.0.